The lowest BCUT2D eigenvalue weighted by Crippen LogP contribution is -2.19. The van der Waals surface area contributed by atoms with Gasteiger partial charge in [0, 0.05) is 6.61 Å². The lowest BCUT2D eigenvalue weighted by atomic mass is 9.74. The molecule has 2 nitrogen and oxygen atoms in total. The van der Waals surface area contributed by atoms with E-state index in [-0.39, 0.29) is 5.41 Å². The van der Waals surface area contributed by atoms with Crippen molar-refractivity contribution < 1.29 is 9.47 Å². The van der Waals surface area contributed by atoms with Crippen LogP contribution < -0.4 is 4.74 Å². The highest BCUT2D eigenvalue weighted by Crippen LogP contribution is 2.43. The van der Waals surface area contributed by atoms with E-state index in [0.717, 1.165) is 18.3 Å². The quantitative estimate of drug-likeness (QED) is 0.193. The third-order valence-electron chi connectivity index (χ3n) is 8.62. The van der Waals surface area contributed by atoms with E-state index in [9.17, 15) is 0 Å². The monoisotopic (exact) mass is 520 g/mol. The van der Waals surface area contributed by atoms with Crippen molar-refractivity contribution in [3.63, 3.8) is 0 Å². The first-order valence-corrected chi connectivity index (χ1v) is 15.8. The van der Waals surface area contributed by atoms with Gasteiger partial charge in [-0.3, -0.25) is 0 Å². The fraction of sp³-hybridized carbons (Fsp3) is 0.667. The average Bonchev–Trinajstić information content (AvgIpc) is 2.92. The standard InChI is InChI=1S/C36H56O2/c1-6-7-8-9-14-24-36(4,5)33-22-23-34(35(27-33)38-28-31-18-11-10-12-19-31)32-21-16-20-30(26-32)17-13-15-25-37-29(2)3/h10-12,18-19,22-23,27,29-30,32H,6-9,13-17,20-21,24-26,28H2,1-5H3. The van der Waals surface area contributed by atoms with Crippen LogP contribution in [0.25, 0.3) is 0 Å². The Morgan fingerprint density at radius 3 is 2.45 bits per heavy atom. The lowest BCUT2D eigenvalue weighted by molar-refractivity contribution is 0.0747. The van der Waals surface area contributed by atoms with Gasteiger partial charge in [-0.25, -0.2) is 0 Å². The highest BCUT2D eigenvalue weighted by atomic mass is 16.5. The van der Waals surface area contributed by atoms with Crippen LogP contribution >= 0.6 is 0 Å². The SMILES string of the molecule is CCCCCCCC(C)(C)c1ccc(C2CCCC(CCCCOC(C)C)C2)c(OCc2ccccc2)c1. The minimum atomic E-state index is 0.169. The molecule has 0 N–H and O–H groups in total. The summed E-state index contributed by atoms with van der Waals surface area (Å²) in [5.74, 6) is 2.56. The van der Waals surface area contributed by atoms with Crippen LogP contribution in [0.2, 0.25) is 0 Å². The minimum Gasteiger partial charge on any atom is -0.489 e. The minimum absolute atomic E-state index is 0.169. The van der Waals surface area contributed by atoms with Crippen molar-refractivity contribution in [1.29, 1.82) is 0 Å². The van der Waals surface area contributed by atoms with Gasteiger partial charge in [0.05, 0.1) is 6.10 Å². The molecule has 2 heteroatoms. The highest BCUT2D eigenvalue weighted by molar-refractivity contribution is 5.43. The van der Waals surface area contributed by atoms with Gasteiger partial charge in [0.25, 0.3) is 0 Å². The van der Waals surface area contributed by atoms with Crippen molar-refractivity contribution in [2.24, 2.45) is 5.92 Å². The van der Waals surface area contributed by atoms with Gasteiger partial charge >= 0.3 is 0 Å². The number of rotatable bonds is 17. The van der Waals surface area contributed by atoms with E-state index in [1.165, 1.54) is 100 Å². The smallest absolute Gasteiger partial charge is 0.123 e. The number of ether oxygens (including phenoxy) is 2. The van der Waals surface area contributed by atoms with E-state index >= 15 is 0 Å². The number of hydrogen-bond acceptors (Lipinski definition) is 2. The molecule has 3 rings (SSSR count). The first-order chi connectivity index (χ1) is 18.4. The highest BCUT2D eigenvalue weighted by Gasteiger charge is 2.27. The Labute approximate surface area is 234 Å². The van der Waals surface area contributed by atoms with Gasteiger partial charge in [-0.2, -0.15) is 0 Å². The summed E-state index contributed by atoms with van der Waals surface area (Å²) in [7, 11) is 0. The molecule has 38 heavy (non-hydrogen) atoms. The van der Waals surface area contributed by atoms with Gasteiger partial charge < -0.3 is 9.47 Å². The largest absolute Gasteiger partial charge is 0.489 e. The molecule has 0 bridgehead atoms. The fourth-order valence-corrected chi connectivity index (χ4v) is 6.16. The third-order valence-corrected chi connectivity index (χ3v) is 8.62. The Morgan fingerprint density at radius 2 is 1.68 bits per heavy atom. The molecule has 2 unspecified atom stereocenters. The van der Waals surface area contributed by atoms with Gasteiger partial charge in [-0.05, 0) is 79.5 Å². The van der Waals surface area contributed by atoms with Crippen molar-refractivity contribution >= 4 is 0 Å². The predicted octanol–water partition coefficient (Wildman–Crippen LogP) is 10.8. The normalized spacial score (nSPS) is 18.2. The molecule has 0 saturated heterocycles. The van der Waals surface area contributed by atoms with E-state index < -0.39 is 0 Å². The van der Waals surface area contributed by atoms with E-state index in [4.69, 9.17) is 9.47 Å². The van der Waals surface area contributed by atoms with Crippen LogP contribution in [0.5, 0.6) is 5.75 Å². The maximum Gasteiger partial charge on any atom is 0.123 e. The van der Waals surface area contributed by atoms with Crippen LogP contribution in [0.3, 0.4) is 0 Å². The van der Waals surface area contributed by atoms with Crippen LogP contribution in [0.15, 0.2) is 48.5 Å². The Balaban J connectivity index is 1.69. The van der Waals surface area contributed by atoms with E-state index in [1.807, 2.05) is 0 Å². The van der Waals surface area contributed by atoms with Crippen molar-refractivity contribution in [3.8, 4) is 5.75 Å². The summed E-state index contributed by atoms with van der Waals surface area (Å²) < 4.78 is 12.4. The molecule has 2 aromatic rings. The van der Waals surface area contributed by atoms with Crippen molar-refractivity contribution in [2.75, 3.05) is 6.61 Å². The fourth-order valence-electron chi connectivity index (χ4n) is 6.16. The molecule has 1 fully saturated rings. The maximum atomic E-state index is 6.62. The van der Waals surface area contributed by atoms with Gasteiger partial charge in [0.1, 0.15) is 12.4 Å². The van der Waals surface area contributed by atoms with Crippen molar-refractivity contribution in [3.05, 3.63) is 65.2 Å². The average molecular weight is 521 g/mol. The van der Waals surface area contributed by atoms with E-state index in [1.54, 1.807) is 0 Å². The molecule has 212 valence electrons. The first kappa shape index (κ1) is 30.7. The van der Waals surface area contributed by atoms with Crippen molar-refractivity contribution in [2.45, 2.75) is 142 Å². The van der Waals surface area contributed by atoms with Crippen LogP contribution in [0, 0.1) is 5.92 Å². The molecule has 0 spiro atoms. The first-order valence-electron chi connectivity index (χ1n) is 15.8. The summed E-state index contributed by atoms with van der Waals surface area (Å²) in [4.78, 5) is 0. The second kappa shape index (κ2) is 16.3. The third kappa shape index (κ3) is 10.4. The summed E-state index contributed by atoms with van der Waals surface area (Å²) in [6.07, 6.45) is 17.4. The summed E-state index contributed by atoms with van der Waals surface area (Å²) in [6, 6.07) is 17.9. The van der Waals surface area contributed by atoms with E-state index in [2.05, 4.69) is 83.1 Å². The molecule has 0 amide bonds. The Hall–Kier alpha value is -1.80. The van der Waals surface area contributed by atoms with Gasteiger partial charge in [0.2, 0.25) is 0 Å². The van der Waals surface area contributed by atoms with Crippen LogP contribution in [-0.2, 0) is 16.8 Å². The summed E-state index contributed by atoms with van der Waals surface area (Å²) in [5, 5.41) is 0. The molecular formula is C36H56O2. The van der Waals surface area contributed by atoms with Gasteiger partial charge in [-0.1, -0.05) is 121 Å². The van der Waals surface area contributed by atoms with Gasteiger partial charge in [0.15, 0.2) is 0 Å². The Morgan fingerprint density at radius 1 is 0.895 bits per heavy atom. The van der Waals surface area contributed by atoms with Crippen LogP contribution in [-0.4, -0.2) is 12.7 Å². The molecule has 2 aromatic carbocycles. The predicted molar refractivity (Wildman–Crippen MR) is 163 cm³/mol. The van der Waals surface area contributed by atoms with Crippen LogP contribution in [0.1, 0.15) is 141 Å². The molecule has 1 saturated carbocycles. The molecule has 1 aliphatic rings. The molecule has 2 atom stereocenters. The zero-order valence-electron chi connectivity index (χ0n) is 25.3. The molecule has 0 heterocycles. The van der Waals surface area contributed by atoms with Crippen molar-refractivity contribution in [1.82, 2.24) is 0 Å². The van der Waals surface area contributed by atoms with E-state index in [0.29, 0.717) is 18.6 Å². The summed E-state index contributed by atoms with van der Waals surface area (Å²) >= 11 is 0. The molecule has 1 aliphatic carbocycles. The lowest BCUT2D eigenvalue weighted by Gasteiger charge is -2.32. The zero-order chi connectivity index (χ0) is 27.2. The second-order valence-corrected chi connectivity index (χ2v) is 12.7. The Bertz CT molecular complexity index is 901. The number of hydrogen-bond donors (Lipinski definition) is 0. The summed E-state index contributed by atoms with van der Waals surface area (Å²) in [5.41, 5.74) is 4.28. The zero-order valence-corrected chi connectivity index (χ0v) is 25.3. The number of benzene rings is 2. The topological polar surface area (TPSA) is 18.5 Å². The van der Waals surface area contributed by atoms with Gasteiger partial charge in [-0.15, -0.1) is 0 Å². The molecular weight excluding hydrogens is 464 g/mol. The Kier molecular flexibility index (Phi) is 13.2. The summed E-state index contributed by atoms with van der Waals surface area (Å²) in [6.45, 7) is 12.9. The molecule has 0 radical (unpaired) electrons. The maximum absolute atomic E-state index is 6.62. The molecule has 0 aliphatic heterocycles. The molecule has 0 aromatic heterocycles. The second-order valence-electron chi connectivity index (χ2n) is 12.7. The number of unbranched alkanes of at least 4 members (excludes halogenated alkanes) is 5. The van der Waals surface area contributed by atoms with Crippen LogP contribution in [0.4, 0.5) is 0 Å².